The highest BCUT2D eigenvalue weighted by Crippen LogP contribution is 2.25. The molecule has 1 unspecified atom stereocenters. The monoisotopic (exact) mass is 374 g/mol. The summed E-state index contributed by atoms with van der Waals surface area (Å²) in [5.41, 5.74) is 5.14. The third-order valence-electron chi connectivity index (χ3n) is 6.34. The lowest BCUT2D eigenvalue weighted by Gasteiger charge is -2.31. The molecule has 0 spiro atoms. The van der Waals surface area contributed by atoms with E-state index in [0.717, 1.165) is 53.9 Å². The van der Waals surface area contributed by atoms with Gasteiger partial charge in [0.1, 0.15) is 6.33 Å². The Kier molecular flexibility index (Phi) is 4.40. The molecule has 0 N–H and O–H groups in total. The molecule has 0 saturated carbocycles. The van der Waals surface area contributed by atoms with Crippen molar-refractivity contribution in [3.05, 3.63) is 59.9 Å². The summed E-state index contributed by atoms with van der Waals surface area (Å²) in [5.74, 6) is 0.176. The van der Waals surface area contributed by atoms with Gasteiger partial charge in [-0.25, -0.2) is 4.98 Å². The molecule has 28 heavy (non-hydrogen) atoms. The number of likely N-dealkylation sites (tertiary alicyclic amines) is 1. The first kappa shape index (κ1) is 17.4. The number of carbonyl (C=O) groups excluding carboxylic acids is 1. The van der Waals surface area contributed by atoms with Crippen molar-refractivity contribution in [3.63, 3.8) is 0 Å². The molecule has 1 amide bonds. The Bertz CT molecular complexity index is 1020. The predicted octanol–water partition coefficient (Wildman–Crippen LogP) is 3.51. The van der Waals surface area contributed by atoms with Crippen LogP contribution in [0.5, 0.6) is 0 Å². The minimum Gasteiger partial charge on any atom is -0.337 e. The van der Waals surface area contributed by atoms with Crippen LogP contribution >= 0.6 is 0 Å². The Hall–Kier alpha value is -2.66. The topological polar surface area (TPSA) is 41.4 Å². The fourth-order valence-electron chi connectivity index (χ4n) is 4.63. The Morgan fingerprint density at radius 1 is 1.11 bits per heavy atom. The number of rotatable bonds is 4. The number of carbonyl (C=O) groups is 1. The first-order valence-electron chi connectivity index (χ1n) is 10.3. The van der Waals surface area contributed by atoms with Crippen LogP contribution < -0.4 is 0 Å². The summed E-state index contributed by atoms with van der Waals surface area (Å²) in [4.78, 5) is 22.0. The zero-order chi connectivity index (χ0) is 19.1. The molecule has 0 aliphatic carbocycles. The number of fused-ring (bicyclic) bond motifs is 2. The van der Waals surface area contributed by atoms with Gasteiger partial charge in [0.2, 0.25) is 0 Å². The molecule has 1 aromatic heterocycles. The molecule has 5 rings (SSSR count). The molecule has 5 heteroatoms. The van der Waals surface area contributed by atoms with Gasteiger partial charge in [-0.3, -0.25) is 14.3 Å². The van der Waals surface area contributed by atoms with Crippen molar-refractivity contribution in [1.82, 2.24) is 19.4 Å². The highest BCUT2D eigenvalue weighted by Gasteiger charge is 2.26. The summed E-state index contributed by atoms with van der Waals surface area (Å²) in [7, 11) is 0. The van der Waals surface area contributed by atoms with Gasteiger partial charge in [0.25, 0.3) is 5.91 Å². The predicted molar refractivity (Wildman–Crippen MR) is 111 cm³/mol. The van der Waals surface area contributed by atoms with Crippen LogP contribution in [0.3, 0.4) is 0 Å². The smallest absolute Gasteiger partial charge is 0.254 e. The summed E-state index contributed by atoms with van der Waals surface area (Å²) in [6.45, 7) is 6.09. The van der Waals surface area contributed by atoms with Crippen molar-refractivity contribution in [2.24, 2.45) is 0 Å². The second-order valence-corrected chi connectivity index (χ2v) is 8.01. The van der Waals surface area contributed by atoms with Gasteiger partial charge >= 0.3 is 0 Å². The Labute approximate surface area is 165 Å². The number of hydrogen-bond acceptors (Lipinski definition) is 3. The van der Waals surface area contributed by atoms with Crippen molar-refractivity contribution < 1.29 is 4.79 Å². The molecule has 2 aliphatic heterocycles. The highest BCUT2D eigenvalue weighted by molar-refractivity contribution is 5.97. The second-order valence-electron chi connectivity index (χ2n) is 8.01. The number of benzene rings is 2. The molecule has 2 aliphatic rings. The van der Waals surface area contributed by atoms with Crippen LogP contribution in [-0.4, -0.2) is 57.5 Å². The van der Waals surface area contributed by atoms with E-state index in [-0.39, 0.29) is 5.91 Å². The van der Waals surface area contributed by atoms with E-state index in [1.807, 2.05) is 41.6 Å². The molecule has 5 nitrogen and oxygen atoms in total. The van der Waals surface area contributed by atoms with Crippen molar-refractivity contribution in [3.8, 4) is 5.69 Å². The quantitative estimate of drug-likeness (QED) is 0.702. The zero-order valence-electron chi connectivity index (χ0n) is 16.3. The summed E-state index contributed by atoms with van der Waals surface area (Å²) in [5, 5.41) is 0. The minimum absolute atomic E-state index is 0.176. The standard InChI is InChI=1S/C23H26N4O/c1-17-5-4-11-25(17)13-14-26-12-10-18-15-19(8-9-20(18)23(26)28)27-16-24-21-6-2-3-7-22(21)27/h2-3,6-9,15-17H,4-5,10-14H2,1H3. The third-order valence-corrected chi connectivity index (χ3v) is 6.34. The number of para-hydroxylation sites is 2. The van der Waals surface area contributed by atoms with Gasteiger partial charge in [-0.05, 0) is 68.6 Å². The van der Waals surface area contributed by atoms with Gasteiger partial charge in [-0.2, -0.15) is 0 Å². The average molecular weight is 374 g/mol. The van der Waals surface area contributed by atoms with Crippen LogP contribution in [0.1, 0.15) is 35.7 Å². The van der Waals surface area contributed by atoms with E-state index in [9.17, 15) is 4.79 Å². The lowest BCUT2D eigenvalue weighted by Crippen LogP contribution is -2.43. The van der Waals surface area contributed by atoms with Crippen molar-refractivity contribution in [1.29, 1.82) is 0 Å². The van der Waals surface area contributed by atoms with E-state index in [1.165, 1.54) is 19.4 Å². The van der Waals surface area contributed by atoms with Crippen LogP contribution in [0.15, 0.2) is 48.8 Å². The molecule has 1 fully saturated rings. The van der Waals surface area contributed by atoms with E-state index < -0.39 is 0 Å². The number of hydrogen-bond donors (Lipinski definition) is 0. The van der Waals surface area contributed by atoms with Crippen LogP contribution in [0.2, 0.25) is 0 Å². The maximum Gasteiger partial charge on any atom is 0.254 e. The van der Waals surface area contributed by atoms with Gasteiger partial charge in [-0.1, -0.05) is 12.1 Å². The Morgan fingerprint density at radius 2 is 2.00 bits per heavy atom. The first-order chi connectivity index (χ1) is 13.7. The molecule has 3 heterocycles. The summed E-state index contributed by atoms with van der Waals surface area (Å²) in [6, 6.07) is 15.0. The molecule has 0 radical (unpaired) electrons. The van der Waals surface area contributed by atoms with Crippen LogP contribution in [0, 0.1) is 0 Å². The van der Waals surface area contributed by atoms with Crippen LogP contribution in [-0.2, 0) is 6.42 Å². The van der Waals surface area contributed by atoms with Crippen molar-refractivity contribution in [2.75, 3.05) is 26.2 Å². The van der Waals surface area contributed by atoms with Crippen LogP contribution in [0.4, 0.5) is 0 Å². The first-order valence-corrected chi connectivity index (χ1v) is 10.3. The number of aromatic nitrogens is 2. The fourth-order valence-corrected chi connectivity index (χ4v) is 4.63. The van der Waals surface area contributed by atoms with E-state index in [1.54, 1.807) is 0 Å². The van der Waals surface area contributed by atoms with Gasteiger partial charge < -0.3 is 4.90 Å². The molecule has 144 valence electrons. The lowest BCUT2D eigenvalue weighted by molar-refractivity contribution is 0.0717. The largest absolute Gasteiger partial charge is 0.337 e. The van der Waals surface area contributed by atoms with Crippen molar-refractivity contribution in [2.45, 2.75) is 32.2 Å². The number of imidazole rings is 1. The molecule has 1 atom stereocenters. The van der Waals surface area contributed by atoms with Gasteiger partial charge in [-0.15, -0.1) is 0 Å². The third kappa shape index (κ3) is 3.00. The van der Waals surface area contributed by atoms with Crippen LogP contribution in [0.25, 0.3) is 16.7 Å². The zero-order valence-corrected chi connectivity index (χ0v) is 16.3. The van der Waals surface area contributed by atoms with Gasteiger partial charge in [0.15, 0.2) is 0 Å². The Morgan fingerprint density at radius 3 is 2.86 bits per heavy atom. The SMILES string of the molecule is CC1CCCN1CCN1CCc2cc(-n3cnc4ccccc43)ccc2C1=O. The second kappa shape index (κ2) is 7.06. The molecule has 2 aromatic carbocycles. The van der Waals surface area contributed by atoms with E-state index in [0.29, 0.717) is 6.04 Å². The van der Waals surface area contributed by atoms with Gasteiger partial charge in [0.05, 0.1) is 11.0 Å². The number of nitrogens with zero attached hydrogens (tertiary/aromatic N) is 4. The lowest BCUT2D eigenvalue weighted by atomic mass is 9.98. The average Bonchev–Trinajstić information content (AvgIpc) is 3.33. The minimum atomic E-state index is 0.176. The highest BCUT2D eigenvalue weighted by atomic mass is 16.2. The van der Waals surface area contributed by atoms with Gasteiger partial charge in [0, 0.05) is 36.9 Å². The molecule has 0 bridgehead atoms. The van der Waals surface area contributed by atoms with Crippen molar-refractivity contribution >= 4 is 16.9 Å². The summed E-state index contributed by atoms with van der Waals surface area (Å²) in [6.07, 6.45) is 5.34. The maximum absolute atomic E-state index is 13.0. The molecule has 1 saturated heterocycles. The van der Waals surface area contributed by atoms with E-state index in [4.69, 9.17) is 0 Å². The number of amides is 1. The Balaban J connectivity index is 1.36. The molecular formula is C23H26N4O. The fraction of sp³-hybridized carbons (Fsp3) is 0.391. The van der Waals surface area contributed by atoms with E-state index in [2.05, 4.69) is 33.5 Å². The van der Waals surface area contributed by atoms with E-state index >= 15 is 0 Å². The summed E-state index contributed by atoms with van der Waals surface area (Å²) < 4.78 is 2.10. The maximum atomic E-state index is 13.0. The molecule has 3 aromatic rings. The summed E-state index contributed by atoms with van der Waals surface area (Å²) >= 11 is 0. The normalized spacial score (nSPS) is 20.1. The molecular weight excluding hydrogens is 348 g/mol.